The number of benzene rings is 1. The summed E-state index contributed by atoms with van der Waals surface area (Å²) in [5, 5.41) is 0. The van der Waals surface area contributed by atoms with Crippen LogP contribution >= 0.6 is 0 Å². The Labute approximate surface area is 111 Å². The second-order valence-corrected chi connectivity index (χ2v) is 5.71. The molecular formula is C16H26N2. The van der Waals surface area contributed by atoms with Crippen molar-refractivity contribution in [3.63, 3.8) is 0 Å². The zero-order valence-electron chi connectivity index (χ0n) is 11.7. The summed E-state index contributed by atoms with van der Waals surface area (Å²) < 4.78 is 0. The van der Waals surface area contributed by atoms with E-state index in [-0.39, 0.29) is 0 Å². The van der Waals surface area contributed by atoms with Gasteiger partial charge in [0, 0.05) is 17.8 Å². The fraction of sp³-hybridized carbons (Fsp3) is 0.625. The molecule has 1 aromatic rings. The summed E-state index contributed by atoms with van der Waals surface area (Å²) in [4.78, 5) is 2.56. The molecule has 0 spiro atoms. The average Bonchev–Trinajstić information content (AvgIpc) is 2.41. The van der Waals surface area contributed by atoms with Crippen LogP contribution in [0.25, 0.3) is 0 Å². The van der Waals surface area contributed by atoms with E-state index < -0.39 is 0 Å². The van der Waals surface area contributed by atoms with Crippen LogP contribution in [0.4, 0.5) is 5.69 Å². The Morgan fingerprint density at radius 3 is 2.56 bits per heavy atom. The first kappa shape index (κ1) is 13.4. The summed E-state index contributed by atoms with van der Waals surface area (Å²) >= 11 is 0. The van der Waals surface area contributed by atoms with E-state index in [0.29, 0.717) is 6.04 Å². The number of para-hydroxylation sites is 1. The van der Waals surface area contributed by atoms with Gasteiger partial charge < -0.3 is 10.6 Å². The van der Waals surface area contributed by atoms with Crippen molar-refractivity contribution < 1.29 is 0 Å². The molecular weight excluding hydrogens is 220 g/mol. The number of likely N-dealkylation sites (N-methyl/N-ethyl adjacent to an activating group) is 1. The molecule has 2 rings (SSSR count). The van der Waals surface area contributed by atoms with E-state index in [1.54, 1.807) is 0 Å². The summed E-state index contributed by atoms with van der Waals surface area (Å²) in [6.07, 6.45) is 8.00. The van der Waals surface area contributed by atoms with E-state index in [9.17, 15) is 0 Å². The highest BCUT2D eigenvalue weighted by atomic mass is 15.2. The molecule has 2 nitrogen and oxygen atoms in total. The van der Waals surface area contributed by atoms with Crippen molar-refractivity contribution in [1.29, 1.82) is 0 Å². The van der Waals surface area contributed by atoms with Crippen LogP contribution < -0.4 is 5.73 Å². The molecule has 1 atom stereocenters. The number of nitrogen functional groups attached to an aromatic ring is 1. The van der Waals surface area contributed by atoms with Crippen molar-refractivity contribution >= 4 is 5.69 Å². The Morgan fingerprint density at radius 1 is 1.22 bits per heavy atom. The molecule has 1 saturated carbocycles. The van der Waals surface area contributed by atoms with Crippen LogP contribution in [0.15, 0.2) is 24.3 Å². The lowest BCUT2D eigenvalue weighted by Gasteiger charge is -2.35. The third-order valence-corrected chi connectivity index (χ3v) is 4.42. The van der Waals surface area contributed by atoms with Crippen LogP contribution in [0.5, 0.6) is 0 Å². The third-order valence-electron chi connectivity index (χ3n) is 4.42. The molecule has 1 aliphatic rings. The second kappa shape index (κ2) is 6.24. The van der Waals surface area contributed by atoms with Gasteiger partial charge in [0.15, 0.2) is 0 Å². The minimum atomic E-state index is 0.567. The van der Waals surface area contributed by atoms with E-state index in [0.717, 1.165) is 18.2 Å². The maximum atomic E-state index is 6.03. The standard InChI is InChI=1S/C16H26N2/c1-13(12-14-8-6-7-11-16(14)17)18(2)15-9-4-3-5-10-15/h6-8,11,13,15H,3-5,9-10,12,17H2,1-2H3. The molecule has 18 heavy (non-hydrogen) atoms. The van der Waals surface area contributed by atoms with Crippen LogP contribution in [0, 0.1) is 0 Å². The monoisotopic (exact) mass is 246 g/mol. The Morgan fingerprint density at radius 2 is 1.89 bits per heavy atom. The molecule has 0 bridgehead atoms. The van der Waals surface area contributed by atoms with Gasteiger partial charge in [0.05, 0.1) is 0 Å². The molecule has 0 aliphatic heterocycles. The van der Waals surface area contributed by atoms with Gasteiger partial charge in [0.1, 0.15) is 0 Å². The molecule has 0 radical (unpaired) electrons. The Kier molecular flexibility index (Phi) is 4.65. The van der Waals surface area contributed by atoms with Crippen LogP contribution in [0.1, 0.15) is 44.6 Å². The van der Waals surface area contributed by atoms with Gasteiger partial charge in [0.2, 0.25) is 0 Å². The van der Waals surface area contributed by atoms with Crippen molar-refractivity contribution in [3.05, 3.63) is 29.8 Å². The van der Waals surface area contributed by atoms with Crippen molar-refractivity contribution in [2.24, 2.45) is 0 Å². The van der Waals surface area contributed by atoms with E-state index in [4.69, 9.17) is 5.73 Å². The molecule has 2 N–H and O–H groups in total. The Hall–Kier alpha value is -1.02. The topological polar surface area (TPSA) is 29.3 Å². The first-order valence-corrected chi connectivity index (χ1v) is 7.24. The van der Waals surface area contributed by atoms with Crippen LogP contribution in [-0.4, -0.2) is 24.0 Å². The molecule has 1 unspecified atom stereocenters. The van der Waals surface area contributed by atoms with E-state index in [1.807, 2.05) is 12.1 Å². The van der Waals surface area contributed by atoms with Crippen LogP contribution in [-0.2, 0) is 6.42 Å². The number of anilines is 1. The maximum absolute atomic E-state index is 6.03. The Bertz CT molecular complexity index is 369. The average molecular weight is 246 g/mol. The maximum Gasteiger partial charge on any atom is 0.0347 e. The molecule has 0 saturated heterocycles. The molecule has 100 valence electrons. The van der Waals surface area contributed by atoms with Crippen molar-refractivity contribution in [2.75, 3.05) is 12.8 Å². The summed E-state index contributed by atoms with van der Waals surface area (Å²) in [5.74, 6) is 0. The van der Waals surface area contributed by atoms with Gasteiger partial charge in [-0.2, -0.15) is 0 Å². The van der Waals surface area contributed by atoms with E-state index in [1.165, 1.54) is 37.7 Å². The number of nitrogens with two attached hydrogens (primary N) is 1. The normalized spacial score (nSPS) is 19.1. The third kappa shape index (κ3) is 3.26. The van der Waals surface area contributed by atoms with Crippen molar-refractivity contribution in [1.82, 2.24) is 4.90 Å². The van der Waals surface area contributed by atoms with E-state index in [2.05, 4.69) is 31.0 Å². The fourth-order valence-corrected chi connectivity index (χ4v) is 3.03. The number of hydrogen-bond acceptors (Lipinski definition) is 2. The number of hydrogen-bond donors (Lipinski definition) is 1. The largest absolute Gasteiger partial charge is 0.399 e. The summed E-state index contributed by atoms with van der Waals surface area (Å²) in [5.41, 5.74) is 8.25. The minimum absolute atomic E-state index is 0.567. The molecule has 1 fully saturated rings. The van der Waals surface area contributed by atoms with Crippen molar-refractivity contribution in [2.45, 2.75) is 57.5 Å². The highest BCUT2D eigenvalue weighted by Crippen LogP contribution is 2.24. The quantitative estimate of drug-likeness (QED) is 0.824. The molecule has 0 aromatic heterocycles. The molecule has 0 amide bonds. The summed E-state index contributed by atoms with van der Waals surface area (Å²) in [6.45, 7) is 2.32. The summed E-state index contributed by atoms with van der Waals surface area (Å²) in [7, 11) is 2.28. The lowest BCUT2D eigenvalue weighted by molar-refractivity contribution is 0.146. The van der Waals surface area contributed by atoms with Crippen molar-refractivity contribution in [3.8, 4) is 0 Å². The van der Waals surface area contributed by atoms with Gasteiger partial charge in [-0.05, 0) is 44.9 Å². The lowest BCUT2D eigenvalue weighted by atomic mass is 9.93. The highest BCUT2D eigenvalue weighted by molar-refractivity contribution is 5.46. The molecule has 1 aliphatic carbocycles. The van der Waals surface area contributed by atoms with Gasteiger partial charge in [-0.25, -0.2) is 0 Å². The van der Waals surface area contributed by atoms with Gasteiger partial charge in [-0.3, -0.25) is 0 Å². The smallest absolute Gasteiger partial charge is 0.0347 e. The molecule has 1 aromatic carbocycles. The SMILES string of the molecule is CC(Cc1ccccc1N)N(C)C1CCCCC1. The zero-order valence-corrected chi connectivity index (χ0v) is 11.7. The number of rotatable bonds is 4. The Balaban J connectivity index is 1.94. The zero-order chi connectivity index (χ0) is 13.0. The first-order chi connectivity index (χ1) is 8.68. The molecule has 2 heteroatoms. The van der Waals surface area contributed by atoms with Gasteiger partial charge in [-0.1, -0.05) is 37.5 Å². The van der Waals surface area contributed by atoms with Crippen LogP contribution in [0.2, 0.25) is 0 Å². The molecule has 0 heterocycles. The first-order valence-electron chi connectivity index (χ1n) is 7.24. The highest BCUT2D eigenvalue weighted by Gasteiger charge is 2.22. The minimum Gasteiger partial charge on any atom is -0.399 e. The van der Waals surface area contributed by atoms with Crippen LogP contribution in [0.3, 0.4) is 0 Å². The summed E-state index contributed by atoms with van der Waals surface area (Å²) in [6, 6.07) is 9.59. The van der Waals surface area contributed by atoms with E-state index >= 15 is 0 Å². The fourth-order valence-electron chi connectivity index (χ4n) is 3.03. The van der Waals surface area contributed by atoms with Gasteiger partial charge in [-0.15, -0.1) is 0 Å². The predicted molar refractivity (Wildman–Crippen MR) is 78.7 cm³/mol. The number of nitrogens with zero attached hydrogens (tertiary/aromatic N) is 1. The van der Waals surface area contributed by atoms with Gasteiger partial charge >= 0.3 is 0 Å². The predicted octanol–water partition coefficient (Wildman–Crippen LogP) is 3.46. The lowest BCUT2D eigenvalue weighted by Crippen LogP contribution is -2.40. The second-order valence-electron chi connectivity index (χ2n) is 5.71. The van der Waals surface area contributed by atoms with Gasteiger partial charge in [0.25, 0.3) is 0 Å².